The Hall–Kier alpha value is -2.84. The van der Waals surface area contributed by atoms with Gasteiger partial charge in [-0.3, -0.25) is 9.69 Å². The minimum absolute atomic E-state index is 0.134. The van der Waals surface area contributed by atoms with E-state index in [1.165, 1.54) is 0 Å². The van der Waals surface area contributed by atoms with Crippen LogP contribution in [0.2, 0.25) is 0 Å². The summed E-state index contributed by atoms with van der Waals surface area (Å²) in [4.78, 5) is 21.7. The van der Waals surface area contributed by atoms with Gasteiger partial charge in [0.2, 0.25) is 11.8 Å². The molecule has 0 bridgehead atoms. The van der Waals surface area contributed by atoms with E-state index in [2.05, 4.69) is 25.1 Å². The summed E-state index contributed by atoms with van der Waals surface area (Å²) in [6.07, 6.45) is 0.904. The maximum absolute atomic E-state index is 12.1. The third kappa shape index (κ3) is 4.35. The van der Waals surface area contributed by atoms with Crippen LogP contribution in [0, 0.1) is 6.92 Å². The summed E-state index contributed by atoms with van der Waals surface area (Å²) < 4.78 is 10.8. The molecule has 1 aliphatic rings. The molecule has 1 fully saturated rings. The highest BCUT2D eigenvalue weighted by atomic mass is 16.5. The molecular weight excluding hydrogens is 358 g/mol. The maximum atomic E-state index is 12.1. The van der Waals surface area contributed by atoms with Crippen LogP contribution >= 0.6 is 0 Å². The molecule has 1 atom stereocenters. The normalized spacial score (nSPS) is 16.8. The fourth-order valence-electron chi connectivity index (χ4n) is 3.36. The van der Waals surface area contributed by atoms with Gasteiger partial charge in [-0.15, -0.1) is 10.2 Å². The van der Waals surface area contributed by atoms with E-state index in [0.29, 0.717) is 30.8 Å². The molecule has 3 heterocycles. The van der Waals surface area contributed by atoms with Crippen molar-refractivity contribution in [2.75, 3.05) is 20.3 Å². The number of hydrogen-bond donors (Lipinski definition) is 1. The van der Waals surface area contributed by atoms with Gasteiger partial charge in [-0.2, -0.15) is 0 Å². The van der Waals surface area contributed by atoms with Crippen molar-refractivity contribution < 1.29 is 9.15 Å². The SMILES string of the molecule is Cc1nnc(CN(C)Cc2ccc(-c3nc(C4CCOC4)cc(=O)[nH]3)cc2)o1. The van der Waals surface area contributed by atoms with Crippen molar-refractivity contribution in [1.29, 1.82) is 0 Å². The average molecular weight is 381 g/mol. The van der Waals surface area contributed by atoms with E-state index in [4.69, 9.17) is 9.15 Å². The summed E-state index contributed by atoms with van der Waals surface area (Å²) >= 11 is 0. The summed E-state index contributed by atoms with van der Waals surface area (Å²) in [6, 6.07) is 9.61. The van der Waals surface area contributed by atoms with Gasteiger partial charge < -0.3 is 14.1 Å². The number of nitrogens with zero attached hydrogens (tertiary/aromatic N) is 4. The van der Waals surface area contributed by atoms with Crippen LogP contribution in [-0.4, -0.2) is 45.3 Å². The monoisotopic (exact) mass is 381 g/mol. The first-order valence-corrected chi connectivity index (χ1v) is 9.32. The Bertz CT molecular complexity index is 990. The molecule has 146 valence electrons. The summed E-state index contributed by atoms with van der Waals surface area (Å²) in [5.41, 5.74) is 2.70. The number of nitrogens with one attached hydrogen (secondary N) is 1. The van der Waals surface area contributed by atoms with Crippen molar-refractivity contribution in [2.45, 2.75) is 32.4 Å². The largest absolute Gasteiger partial charge is 0.424 e. The molecule has 8 heteroatoms. The topological polar surface area (TPSA) is 97.1 Å². The van der Waals surface area contributed by atoms with Crippen molar-refractivity contribution in [3.63, 3.8) is 0 Å². The number of aryl methyl sites for hydroxylation is 1. The molecule has 0 saturated carbocycles. The number of aromatic nitrogens is 4. The van der Waals surface area contributed by atoms with Crippen molar-refractivity contribution >= 4 is 0 Å². The molecule has 1 unspecified atom stereocenters. The lowest BCUT2D eigenvalue weighted by molar-refractivity contribution is 0.193. The van der Waals surface area contributed by atoms with E-state index in [1.54, 1.807) is 13.0 Å². The molecule has 2 aromatic heterocycles. The summed E-state index contributed by atoms with van der Waals surface area (Å²) in [6.45, 7) is 4.46. The number of aromatic amines is 1. The van der Waals surface area contributed by atoms with Gasteiger partial charge in [-0.25, -0.2) is 4.98 Å². The number of ether oxygens (including phenoxy) is 1. The number of H-pyrrole nitrogens is 1. The van der Waals surface area contributed by atoms with E-state index in [1.807, 2.05) is 31.3 Å². The second kappa shape index (κ2) is 8.04. The van der Waals surface area contributed by atoms with Gasteiger partial charge >= 0.3 is 0 Å². The van der Waals surface area contributed by atoms with Crippen LogP contribution in [0.25, 0.3) is 11.4 Å². The predicted octanol–water partition coefficient (Wildman–Crippen LogP) is 2.26. The van der Waals surface area contributed by atoms with Crippen LogP contribution in [0.4, 0.5) is 0 Å². The van der Waals surface area contributed by atoms with Crippen LogP contribution in [0.1, 0.15) is 35.4 Å². The van der Waals surface area contributed by atoms with Crippen molar-refractivity contribution in [3.05, 3.63) is 63.7 Å². The van der Waals surface area contributed by atoms with E-state index < -0.39 is 0 Å². The molecule has 1 N–H and O–H groups in total. The Morgan fingerprint density at radius 3 is 2.71 bits per heavy atom. The zero-order valence-corrected chi connectivity index (χ0v) is 16.0. The van der Waals surface area contributed by atoms with Gasteiger partial charge in [0.1, 0.15) is 5.82 Å². The smallest absolute Gasteiger partial charge is 0.251 e. The van der Waals surface area contributed by atoms with Gasteiger partial charge in [0, 0.05) is 37.6 Å². The molecular formula is C20H23N5O3. The molecule has 0 aliphatic carbocycles. The van der Waals surface area contributed by atoms with Gasteiger partial charge in [-0.1, -0.05) is 24.3 Å². The number of benzene rings is 1. The molecule has 1 aromatic carbocycles. The zero-order chi connectivity index (χ0) is 19.5. The zero-order valence-electron chi connectivity index (χ0n) is 16.0. The molecule has 1 saturated heterocycles. The second-order valence-electron chi connectivity index (χ2n) is 7.16. The van der Waals surface area contributed by atoms with Crippen LogP contribution in [-0.2, 0) is 17.8 Å². The molecule has 0 amide bonds. The van der Waals surface area contributed by atoms with Crippen LogP contribution < -0.4 is 5.56 Å². The first kappa shape index (κ1) is 18.5. The van der Waals surface area contributed by atoms with Crippen LogP contribution in [0.15, 0.2) is 39.5 Å². The third-order valence-electron chi connectivity index (χ3n) is 4.76. The van der Waals surface area contributed by atoms with Crippen molar-refractivity contribution in [2.24, 2.45) is 0 Å². The molecule has 28 heavy (non-hydrogen) atoms. The highest BCUT2D eigenvalue weighted by Gasteiger charge is 2.20. The second-order valence-corrected chi connectivity index (χ2v) is 7.16. The van der Waals surface area contributed by atoms with E-state index >= 15 is 0 Å². The Morgan fingerprint density at radius 1 is 1.21 bits per heavy atom. The van der Waals surface area contributed by atoms with Gasteiger partial charge in [0.05, 0.1) is 18.8 Å². The molecule has 0 radical (unpaired) electrons. The highest BCUT2D eigenvalue weighted by molar-refractivity contribution is 5.55. The lowest BCUT2D eigenvalue weighted by Gasteiger charge is -2.14. The minimum Gasteiger partial charge on any atom is -0.424 e. The molecule has 4 rings (SSSR count). The summed E-state index contributed by atoms with van der Waals surface area (Å²) in [7, 11) is 2.00. The van der Waals surface area contributed by atoms with E-state index in [-0.39, 0.29) is 11.5 Å². The minimum atomic E-state index is -0.134. The van der Waals surface area contributed by atoms with E-state index in [9.17, 15) is 4.79 Å². The van der Waals surface area contributed by atoms with E-state index in [0.717, 1.165) is 36.4 Å². The summed E-state index contributed by atoms with van der Waals surface area (Å²) in [5.74, 6) is 1.96. The van der Waals surface area contributed by atoms with Crippen LogP contribution in [0.3, 0.4) is 0 Å². The molecule has 8 nitrogen and oxygen atoms in total. The van der Waals surface area contributed by atoms with Crippen LogP contribution in [0.5, 0.6) is 0 Å². The highest BCUT2D eigenvalue weighted by Crippen LogP contribution is 2.24. The number of rotatable bonds is 6. The van der Waals surface area contributed by atoms with Crippen molar-refractivity contribution in [1.82, 2.24) is 25.1 Å². The Morgan fingerprint density at radius 2 is 2.04 bits per heavy atom. The summed E-state index contributed by atoms with van der Waals surface area (Å²) in [5, 5.41) is 7.87. The van der Waals surface area contributed by atoms with Gasteiger partial charge in [0.15, 0.2) is 0 Å². The van der Waals surface area contributed by atoms with Crippen molar-refractivity contribution in [3.8, 4) is 11.4 Å². The lowest BCUT2D eigenvalue weighted by atomic mass is 10.0. The molecule has 1 aliphatic heterocycles. The Balaban J connectivity index is 1.46. The Kier molecular flexibility index (Phi) is 5.31. The lowest BCUT2D eigenvalue weighted by Crippen LogP contribution is -2.17. The fraction of sp³-hybridized carbons (Fsp3) is 0.400. The Labute approximate surface area is 162 Å². The molecule has 3 aromatic rings. The standard InChI is InChI=1S/C20H23N5O3/c1-13-23-24-19(28-13)11-25(2)10-14-3-5-15(6-4-14)20-21-17(9-18(26)22-20)16-7-8-27-12-16/h3-6,9,16H,7-8,10-12H2,1-2H3,(H,21,22,26). The van der Waals surface area contributed by atoms with Gasteiger partial charge in [0.25, 0.3) is 5.56 Å². The first-order chi connectivity index (χ1) is 13.6. The third-order valence-corrected chi connectivity index (χ3v) is 4.76. The first-order valence-electron chi connectivity index (χ1n) is 9.32. The maximum Gasteiger partial charge on any atom is 0.251 e. The predicted molar refractivity (Wildman–Crippen MR) is 103 cm³/mol. The fourth-order valence-corrected chi connectivity index (χ4v) is 3.36. The quantitative estimate of drug-likeness (QED) is 0.699. The molecule has 0 spiro atoms. The number of hydrogen-bond acceptors (Lipinski definition) is 7. The van der Waals surface area contributed by atoms with Gasteiger partial charge in [-0.05, 0) is 19.0 Å². The average Bonchev–Trinajstić information content (AvgIpc) is 3.34.